The number of aryl methyl sites for hydroxylation is 2. The Bertz CT molecular complexity index is 668. The average molecular weight is 312 g/mol. The zero-order valence-corrected chi connectivity index (χ0v) is 14.0. The summed E-state index contributed by atoms with van der Waals surface area (Å²) >= 11 is 0. The van der Waals surface area contributed by atoms with Crippen molar-refractivity contribution in [2.24, 2.45) is 0 Å². The molecule has 2 aromatic carbocycles. The SMILES string of the molecule is CCOc1ccccc1NCCC(=O)Nc1ccc(C)cc1C. The topological polar surface area (TPSA) is 50.4 Å². The normalized spacial score (nSPS) is 10.2. The third-order valence-electron chi connectivity index (χ3n) is 3.51. The molecule has 0 fully saturated rings. The van der Waals surface area contributed by atoms with Crippen molar-refractivity contribution >= 4 is 17.3 Å². The van der Waals surface area contributed by atoms with Crippen molar-refractivity contribution in [2.75, 3.05) is 23.8 Å². The van der Waals surface area contributed by atoms with E-state index < -0.39 is 0 Å². The Morgan fingerprint density at radius 2 is 1.87 bits per heavy atom. The van der Waals surface area contributed by atoms with E-state index in [0.717, 1.165) is 22.7 Å². The van der Waals surface area contributed by atoms with E-state index in [1.807, 2.05) is 57.2 Å². The molecule has 0 atom stereocenters. The molecule has 0 saturated heterocycles. The summed E-state index contributed by atoms with van der Waals surface area (Å²) in [6.45, 7) is 7.17. The van der Waals surface area contributed by atoms with Gasteiger partial charge in [-0.15, -0.1) is 0 Å². The summed E-state index contributed by atoms with van der Waals surface area (Å²) < 4.78 is 5.55. The molecule has 2 rings (SSSR count). The van der Waals surface area contributed by atoms with Gasteiger partial charge in [0.05, 0.1) is 12.3 Å². The molecule has 0 aliphatic carbocycles. The van der Waals surface area contributed by atoms with Crippen molar-refractivity contribution in [3.8, 4) is 5.75 Å². The molecule has 0 spiro atoms. The Morgan fingerprint density at radius 3 is 2.61 bits per heavy atom. The average Bonchev–Trinajstić information content (AvgIpc) is 2.52. The highest BCUT2D eigenvalue weighted by molar-refractivity contribution is 5.91. The smallest absolute Gasteiger partial charge is 0.226 e. The van der Waals surface area contributed by atoms with Crippen LogP contribution in [0.25, 0.3) is 0 Å². The van der Waals surface area contributed by atoms with Gasteiger partial charge in [-0.2, -0.15) is 0 Å². The number of nitrogens with one attached hydrogen (secondary N) is 2. The highest BCUT2D eigenvalue weighted by Gasteiger charge is 2.06. The van der Waals surface area contributed by atoms with Crippen molar-refractivity contribution in [1.82, 2.24) is 0 Å². The Morgan fingerprint density at radius 1 is 1.09 bits per heavy atom. The van der Waals surface area contributed by atoms with Crippen LogP contribution in [0.5, 0.6) is 5.75 Å². The first-order chi connectivity index (χ1) is 11.1. The van der Waals surface area contributed by atoms with Gasteiger partial charge < -0.3 is 15.4 Å². The zero-order chi connectivity index (χ0) is 16.7. The number of benzene rings is 2. The quantitative estimate of drug-likeness (QED) is 0.808. The number of amides is 1. The maximum atomic E-state index is 12.1. The summed E-state index contributed by atoms with van der Waals surface area (Å²) in [6.07, 6.45) is 0.397. The molecule has 1 amide bonds. The van der Waals surface area contributed by atoms with Crippen molar-refractivity contribution < 1.29 is 9.53 Å². The standard InChI is InChI=1S/C19H24N2O2/c1-4-23-18-8-6-5-7-17(18)20-12-11-19(22)21-16-10-9-14(2)13-15(16)3/h5-10,13,20H,4,11-12H2,1-3H3,(H,21,22). The number of para-hydroxylation sites is 2. The first kappa shape index (κ1) is 16.9. The number of hydrogen-bond donors (Lipinski definition) is 2. The molecule has 4 nitrogen and oxygen atoms in total. The highest BCUT2D eigenvalue weighted by atomic mass is 16.5. The van der Waals surface area contributed by atoms with Gasteiger partial charge in [0.15, 0.2) is 0 Å². The van der Waals surface area contributed by atoms with Crippen LogP contribution in [0.3, 0.4) is 0 Å². The lowest BCUT2D eigenvalue weighted by atomic mass is 10.1. The van der Waals surface area contributed by atoms with Crippen molar-refractivity contribution in [3.05, 3.63) is 53.6 Å². The monoisotopic (exact) mass is 312 g/mol. The molecule has 0 saturated carbocycles. The van der Waals surface area contributed by atoms with Gasteiger partial charge >= 0.3 is 0 Å². The number of ether oxygens (including phenoxy) is 1. The Kier molecular flexibility index (Phi) is 6.03. The fourth-order valence-electron chi connectivity index (χ4n) is 2.37. The maximum Gasteiger partial charge on any atom is 0.226 e. The first-order valence-electron chi connectivity index (χ1n) is 7.93. The summed E-state index contributed by atoms with van der Waals surface area (Å²) in [4.78, 5) is 12.1. The Balaban J connectivity index is 1.85. The predicted molar refractivity (Wildman–Crippen MR) is 95.3 cm³/mol. The molecule has 4 heteroatoms. The van der Waals surface area contributed by atoms with Crippen molar-refractivity contribution in [1.29, 1.82) is 0 Å². The van der Waals surface area contributed by atoms with Gasteiger partial charge in [0, 0.05) is 18.7 Å². The highest BCUT2D eigenvalue weighted by Crippen LogP contribution is 2.23. The van der Waals surface area contributed by atoms with Gasteiger partial charge in [-0.25, -0.2) is 0 Å². The molecule has 122 valence electrons. The molecule has 0 unspecified atom stereocenters. The summed E-state index contributed by atoms with van der Waals surface area (Å²) in [6, 6.07) is 13.8. The van der Waals surface area contributed by atoms with Gasteiger partial charge in [-0.05, 0) is 44.5 Å². The molecule has 0 bridgehead atoms. The summed E-state index contributed by atoms with van der Waals surface area (Å²) in [5.74, 6) is 0.808. The lowest BCUT2D eigenvalue weighted by Crippen LogP contribution is -2.17. The van der Waals surface area contributed by atoms with Crippen LogP contribution in [-0.4, -0.2) is 19.1 Å². The maximum absolute atomic E-state index is 12.1. The van der Waals surface area contributed by atoms with Crippen LogP contribution >= 0.6 is 0 Å². The van der Waals surface area contributed by atoms with E-state index in [1.165, 1.54) is 5.56 Å². The number of carbonyl (C=O) groups excluding carboxylic acids is 1. The summed E-state index contributed by atoms with van der Waals surface area (Å²) in [5.41, 5.74) is 4.05. The van der Waals surface area contributed by atoms with E-state index >= 15 is 0 Å². The van der Waals surface area contributed by atoms with Crippen LogP contribution in [0.15, 0.2) is 42.5 Å². The van der Waals surface area contributed by atoms with E-state index in [4.69, 9.17) is 4.74 Å². The van der Waals surface area contributed by atoms with Crippen molar-refractivity contribution in [2.45, 2.75) is 27.2 Å². The molecule has 2 aromatic rings. The zero-order valence-electron chi connectivity index (χ0n) is 14.0. The minimum absolute atomic E-state index is 0.00153. The van der Waals surface area contributed by atoms with Gasteiger partial charge in [0.25, 0.3) is 0 Å². The van der Waals surface area contributed by atoms with Crippen LogP contribution in [0.2, 0.25) is 0 Å². The van der Waals surface area contributed by atoms with E-state index in [0.29, 0.717) is 19.6 Å². The second-order valence-electron chi connectivity index (χ2n) is 5.47. The minimum Gasteiger partial charge on any atom is -0.492 e. The van der Waals surface area contributed by atoms with Crippen LogP contribution in [0.1, 0.15) is 24.5 Å². The molecule has 0 aliphatic heterocycles. The number of carbonyl (C=O) groups is 1. The molecule has 0 radical (unpaired) electrons. The van der Waals surface area contributed by atoms with Gasteiger partial charge in [-0.1, -0.05) is 29.8 Å². The molecule has 0 heterocycles. The molecule has 2 N–H and O–H groups in total. The molecular formula is C19H24N2O2. The fourth-order valence-corrected chi connectivity index (χ4v) is 2.37. The van der Waals surface area contributed by atoms with E-state index in [2.05, 4.69) is 16.7 Å². The number of hydrogen-bond acceptors (Lipinski definition) is 3. The summed E-state index contributed by atoms with van der Waals surface area (Å²) in [7, 11) is 0. The Labute approximate surface area is 137 Å². The summed E-state index contributed by atoms with van der Waals surface area (Å²) in [5, 5.41) is 6.21. The van der Waals surface area contributed by atoms with Crippen LogP contribution in [-0.2, 0) is 4.79 Å². The van der Waals surface area contributed by atoms with E-state index in [9.17, 15) is 4.79 Å². The van der Waals surface area contributed by atoms with Crippen LogP contribution in [0.4, 0.5) is 11.4 Å². The number of rotatable bonds is 7. The Hall–Kier alpha value is -2.49. The second-order valence-corrected chi connectivity index (χ2v) is 5.47. The molecule has 23 heavy (non-hydrogen) atoms. The number of anilines is 2. The lowest BCUT2D eigenvalue weighted by molar-refractivity contribution is -0.115. The van der Waals surface area contributed by atoms with Gasteiger partial charge in [0.1, 0.15) is 5.75 Å². The second kappa shape index (κ2) is 8.22. The van der Waals surface area contributed by atoms with E-state index in [1.54, 1.807) is 0 Å². The van der Waals surface area contributed by atoms with Crippen LogP contribution in [0, 0.1) is 13.8 Å². The first-order valence-corrected chi connectivity index (χ1v) is 7.93. The minimum atomic E-state index is -0.00153. The fraction of sp³-hybridized carbons (Fsp3) is 0.316. The van der Waals surface area contributed by atoms with Gasteiger partial charge in [-0.3, -0.25) is 4.79 Å². The molecular weight excluding hydrogens is 288 g/mol. The third kappa shape index (κ3) is 5.02. The largest absolute Gasteiger partial charge is 0.492 e. The lowest BCUT2D eigenvalue weighted by Gasteiger charge is -2.12. The predicted octanol–water partition coefficient (Wildman–Crippen LogP) is 4.14. The molecule has 0 aromatic heterocycles. The van der Waals surface area contributed by atoms with Crippen LogP contribution < -0.4 is 15.4 Å². The van der Waals surface area contributed by atoms with Gasteiger partial charge in [0.2, 0.25) is 5.91 Å². The molecule has 0 aliphatic rings. The van der Waals surface area contributed by atoms with Crippen molar-refractivity contribution in [3.63, 3.8) is 0 Å². The van der Waals surface area contributed by atoms with E-state index in [-0.39, 0.29) is 5.91 Å². The third-order valence-corrected chi connectivity index (χ3v) is 3.51.